The van der Waals surface area contributed by atoms with E-state index in [1.165, 1.54) is 0 Å². The zero-order chi connectivity index (χ0) is 13.7. The van der Waals surface area contributed by atoms with Gasteiger partial charge in [-0.2, -0.15) is 5.10 Å². The van der Waals surface area contributed by atoms with Crippen LogP contribution in [0.25, 0.3) is 0 Å². The summed E-state index contributed by atoms with van der Waals surface area (Å²) in [5.41, 5.74) is 1.60. The monoisotopic (exact) mass is 260 g/mol. The number of aromatic nitrogens is 2. The second-order valence-electron chi connectivity index (χ2n) is 4.31. The van der Waals surface area contributed by atoms with Gasteiger partial charge in [-0.3, -0.25) is 14.8 Å². The Bertz CT molecular complexity index is 552. The fraction of sp³-hybridized carbons (Fsp3) is 0.308. The van der Waals surface area contributed by atoms with Gasteiger partial charge in [-0.25, -0.2) is 0 Å². The van der Waals surface area contributed by atoms with Crippen LogP contribution in [0.15, 0.2) is 36.7 Å². The molecule has 1 aromatic carbocycles. The van der Waals surface area contributed by atoms with Gasteiger partial charge in [0.1, 0.15) is 0 Å². The lowest BCUT2D eigenvalue weighted by atomic mass is 10.2. The molecule has 1 N–H and O–H groups in total. The van der Waals surface area contributed by atoms with Crippen LogP contribution in [0, 0.1) is 17.0 Å². The van der Waals surface area contributed by atoms with E-state index in [2.05, 4.69) is 10.4 Å². The Kier molecular flexibility index (Phi) is 4.12. The molecule has 0 aliphatic heterocycles. The number of nitro groups is 1. The van der Waals surface area contributed by atoms with Gasteiger partial charge in [0.05, 0.1) is 4.92 Å². The zero-order valence-electron chi connectivity index (χ0n) is 10.7. The van der Waals surface area contributed by atoms with Gasteiger partial charge in [-0.1, -0.05) is 6.07 Å². The highest BCUT2D eigenvalue weighted by molar-refractivity contribution is 5.54. The number of nitro benzene ring substituents is 1. The van der Waals surface area contributed by atoms with Crippen LogP contribution in [0.5, 0.6) is 0 Å². The van der Waals surface area contributed by atoms with Crippen LogP contribution < -0.4 is 5.32 Å². The van der Waals surface area contributed by atoms with Gasteiger partial charge >= 0.3 is 0 Å². The molecule has 0 fully saturated rings. The maximum absolute atomic E-state index is 10.8. The predicted molar refractivity (Wildman–Crippen MR) is 73.2 cm³/mol. The van der Waals surface area contributed by atoms with E-state index >= 15 is 0 Å². The van der Waals surface area contributed by atoms with Crippen molar-refractivity contribution in [2.45, 2.75) is 19.9 Å². The van der Waals surface area contributed by atoms with E-state index in [-0.39, 0.29) is 10.6 Å². The first-order valence-electron chi connectivity index (χ1n) is 6.13. The van der Waals surface area contributed by atoms with Crippen molar-refractivity contribution in [3.63, 3.8) is 0 Å². The molecular formula is C13H16N4O2. The van der Waals surface area contributed by atoms with Crippen molar-refractivity contribution >= 4 is 11.4 Å². The van der Waals surface area contributed by atoms with Crippen molar-refractivity contribution in [1.29, 1.82) is 0 Å². The smallest absolute Gasteiger partial charge is 0.274 e. The minimum Gasteiger partial charge on any atom is -0.385 e. The maximum atomic E-state index is 10.8. The van der Waals surface area contributed by atoms with E-state index in [0.717, 1.165) is 25.2 Å². The maximum Gasteiger partial charge on any atom is 0.274 e. The number of hydrogen-bond donors (Lipinski definition) is 1. The Hall–Kier alpha value is -2.37. The lowest BCUT2D eigenvalue weighted by Gasteiger charge is -2.07. The van der Waals surface area contributed by atoms with E-state index in [1.54, 1.807) is 25.3 Å². The third kappa shape index (κ3) is 3.54. The summed E-state index contributed by atoms with van der Waals surface area (Å²) in [5, 5.41) is 18.1. The van der Waals surface area contributed by atoms with Crippen molar-refractivity contribution in [3.05, 3.63) is 52.3 Å². The molecule has 19 heavy (non-hydrogen) atoms. The highest BCUT2D eigenvalue weighted by atomic mass is 16.6. The molecule has 1 heterocycles. The SMILES string of the molecule is Cc1ccc(NCCCn2cccn2)cc1[N+](=O)[O-]. The first-order valence-corrected chi connectivity index (χ1v) is 6.13. The minimum absolute atomic E-state index is 0.150. The van der Waals surface area contributed by atoms with Crippen LogP contribution in [-0.2, 0) is 6.54 Å². The molecule has 0 aliphatic carbocycles. The quantitative estimate of drug-likeness (QED) is 0.492. The minimum atomic E-state index is -0.357. The van der Waals surface area contributed by atoms with Crippen LogP contribution in [0.2, 0.25) is 0 Å². The molecule has 0 atom stereocenters. The molecule has 0 bridgehead atoms. The van der Waals surface area contributed by atoms with E-state index < -0.39 is 0 Å². The van der Waals surface area contributed by atoms with E-state index in [0.29, 0.717) is 5.56 Å². The lowest BCUT2D eigenvalue weighted by molar-refractivity contribution is -0.385. The molecule has 0 radical (unpaired) electrons. The van der Waals surface area contributed by atoms with Gasteiger partial charge in [-0.05, 0) is 25.5 Å². The average Bonchev–Trinajstić information content (AvgIpc) is 2.89. The molecule has 6 heteroatoms. The predicted octanol–water partition coefficient (Wildman–Crippen LogP) is 2.60. The summed E-state index contributed by atoms with van der Waals surface area (Å²) >= 11 is 0. The number of rotatable bonds is 6. The molecule has 2 aromatic rings. The second-order valence-corrected chi connectivity index (χ2v) is 4.31. The standard InChI is InChI=1S/C13H16N4O2/c1-11-4-5-12(10-13(11)17(18)19)14-6-2-8-16-9-3-7-15-16/h3-5,7,9-10,14H,2,6,8H2,1H3. The summed E-state index contributed by atoms with van der Waals surface area (Å²) in [4.78, 5) is 10.5. The Morgan fingerprint density at radius 2 is 2.32 bits per heavy atom. The van der Waals surface area contributed by atoms with E-state index in [4.69, 9.17) is 0 Å². The summed E-state index contributed by atoms with van der Waals surface area (Å²) in [6.45, 7) is 3.31. The lowest BCUT2D eigenvalue weighted by Crippen LogP contribution is -2.07. The van der Waals surface area contributed by atoms with Gasteiger partial charge in [0.2, 0.25) is 0 Å². The van der Waals surface area contributed by atoms with Crippen molar-refractivity contribution in [2.75, 3.05) is 11.9 Å². The molecule has 0 amide bonds. The van der Waals surface area contributed by atoms with Gasteiger partial charge < -0.3 is 5.32 Å². The molecule has 0 aliphatic rings. The number of anilines is 1. The van der Waals surface area contributed by atoms with Crippen LogP contribution in [-0.4, -0.2) is 21.2 Å². The highest BCUT2D eigenvalue weighted by Crippen LogP contribution is 2.22. The normalized spacial score (nSPS) is 10.4. The number of nitrogens with zero attached hydrogens (tertiary/aromatic N) is 3. The first kappa shape index (κ1) is 13.1. The largest absolute Gasteiger partial charge is 0.385 e. The zero-order valence-corrected chi connectivity index (χ0v) is 10.7. The van der Waals surface area contributed by atoms with Gasteiger partial charge in [0, 0.05) is 42.8 Å². The Labute approximate surface area is 111 Å². The number of benzene rings is 1. The molecule has 100 valence electrons. The van der Waals surface area contributed by atoms with Gasteiger partial charge in [0.15, 0.2) is 0 Å². The summed E-state index contributed by atoms with van der Waals surface area (Å²) < 4.78 is 1.86. The van der Waals surface area contributed by atoms with Crippen molar-refractivity contribution in [3.8, 4) is 0 Å². The number of nitrogens with one attached hydrogen (secondary N) is 1. The summed E-state index contributed by atoms with van der Waals surface area (Å²) in [7, 11) is 0. The summed E-state index contributed by atoms with van der Waals surface area (Å²) in [6, 6.07) is 7.07. The molecule has 0 unspecified atom stereocenters. The highest BCUT2D eigenvalue weighted by Gasteiger charge is 2.10. The fourth-order valence-corrected chi connectivity index (χ4v) is 1.82. The fourth-order valence-electron chi connectivity index (χ4n) is 1.82. The van der Waals surface area contributed by atoms with Crippen molar-refractivity contribution in [1.82, 2.24) is 9.78 Å². The van der Waals surface area contributed by atoms with Gasteiger partial charge in [0.25, 0.3) is 5.69 Å². The topological polar surface area (TPSA) is 73.0 Å². The number of aryl methyl sites for hydroxylation is 2. The van der Waals surface area contributed by atoms with Crippen LogP contribution in [0.1, 0.15) is 12.0 Å². The van der Waals surface area contributed by atoms with Crippen LogP contribution in [0.3, 0.4) is 0 Å². The summed E-state index contributed by atoms with van der Waals surface area (Å²) in [5.74, 6) is 0. The molecule has 0 saturated carbocycles. The molecule has 0 spiro atoms. The Balaban J connectivity index is 1.86. The molecule has 6 nitrogen and oxygen atoms in total. The first-order chi connectivity index (χ1) is 9.16. The van der Waals surface area contributed by atoms with Crippen LogP contribution >= 0.6 is 0 Å². The molecule has 1 aromatic heterocycles. The van der Waals surface area contributed by atoms with E-state index in [9.17, 15) is 10.1 Å². The van der Waals surface area contributed by atoms with Crippen molar-refractivity contribution in [2.24, 2.45) is 0 Å². The average molecular weight is 260 g/mol. The van der Waals surface area contributed by atoms with Crippen molar-refractivity contribution < 1.29 is 4.92 Å². The van der Waals surface area contributed by atoms with E-state index in [1.807, 2.05) is 23.0 Å². The molecular weight excluding hydrogens is 244 g/mol. The summed E-state index contributed by atoms with van der Waals surface area (Å²) in [6.07, 6.45) is 4.57. The number of hydrogen-bond acceptors (Lipinski definition) is 4. The molecule has 2 rings (SSSR count). The molecule has 0 saturated heterocycles. The second kappa shape index (κ2) is 5.99. The Morgan fingerprint density at radius 1 is 1.47 bits per heavy atom. The third-order valence-electron chi connectivity index (χ3n) is 2.86. The van der Waals surface area contributed by atoms with Gasteiger partial charge in [-0.15, -0.1) is 0 Å². The third-order valence-corrected chi connectivity index (χ3v) is 2.86. The van der Waals surface area contributed by atoms with Crippen LogP contribution in [0.4, 0.5) is 11.4 Å². The Morgan fingerprint density at radius 3 is 3.00 bits per heavy atom.